The first kappa shape index (κ1) is 14.1. The van der Waals surface area contributed by atoms with Crippen molar-refractivity contribution < 1.29 is 0 Å². The average molecular weight is 297 g/mol. The highest BCUT2D eigenvalue weighted by Gasteiger charge is 2.09. The molecule has 0 atom stereocenters. The molecule has 0 fully saturated rings. The molecule has 0 spiro atoms. The zero-order chi connectivity index (χ0) is 14.7. The Hall–Kier alpha value is -1.90. The first-order chi connectivity index (χ1) is 10.3. The van der Waals surface area contributed by atoms with E-state index in [4.69, 9.17) is 11.6 Å². The fourth-order valence-corrected chi connectivity index (χ4v) is 2.72. The topological polar surface area (TPSA) is 24.9 Å². The highest BCUT2D eigenvalue weighted by molar-refractivity contribution is 6.31. The molecule has 0 aliphatic carbocycles. The number of nitrogens with zero attached hydrogens (tertiary/aromatic N) is 1. The minimum atomic E-state index is 0.756. The second-order valence-electron chi connectivity index (χ2n) is 4.96. The standard InChI is InChI=1S/C18H17ClN2/c1-2-20-12-13-8-9-14(19)11-17(13)15-5-3-7-18-16(15)6-4-10-21-18/h3-11,20H,2,12H2,1H3. The first-order valence-corrected chi connectivity index (χ1v) is 7.50. The van der Waals surface area contributed by atoms with Crippen LogP contribution in [0.15, 0.2) is 54.7 Å². The highest BCUT2D eigenvalue weighted by atomic mass is 35.5. The van der Waals surface area contributed by atoms with Crippen molar-refractivity contribution in [1.82, 2.24) is 10.3 Å². The van der Waals surface area contributed by atoms with E-state index in [1.165, 1.54) is 16.7 Å². The third-order valence-electron chi connectivity index (χ3n) is 3.57. The SMILES string of the molecule is CCNCc1ccc(Cl)cc1-c1cccc2ncccc12. The first-order valence-electron chi connectivity index (χ1n) is 7.13. The van der Waals surface area contributed by atoms with Crippen LogP contribution in [0.1, 0.15) is 12.5 Å². The summed E-state index contributed by atoms with van der Waals surface area (Å²) in [5.74, 6) is 0. The van der Waals surface area contributed by atoms with Gasteiger partial charge in [0.05, 0.1) is 5.52 Å². The summed E-state index contributed by atoms with van der Waals surface area (Å²) in [5, 5.41) is 5.29. The van der Waals surface area contributed by atoms with Crippen molar-refractivity contribution in [2.75, 3.05) is 6.54 Å². The largest absolute Gasteiger partial charge is 0.313 e. The van der Waals surface area contributed by atoms with E-state index < -0.39 is 0 Å². The molecule has 0 saturated carbocycles. The van der Waals surface area contributed by atoms with E-state index in [0.717, 1.165) is 29.0 Å². The molecule has 0 radical (unpaired) electrons. The second kappa shape index (κ2) is 6.25. The number of benzene rings is 2. The monoisotopic (exact) mass is 296 g/mol. The normalized spacial score (nSPS) is 11.0. The van der Waals surface area contributed by atoms with Crippen molar-refractivity contribution in [3.63, 3.8) is 0 Å². The van der Waals surface area contributed by atoms with Gasteiger partial charge in [-0.3, -0.25) is 4.98 Å². The Morgan fingerprint density at radius 1 is 1.05 bits per heavy atom. The number of hydrogen-bond donors (Lipinski definition) is 1. The molecule has 1 heterocycles. The van der Waals surface area contributed by atoms with Gasteiger partial charge in [0.25, 0.3) is 0 Å². The number of hydrogen-bond acceptors (Lipinski definition) is 2. The van der Waals surface area contributed by atoms with Gasteiger partial charge < -0.3 is 5.32 Å². The summed E-state index contributed by atoms with van der Waals surface area (Å²) in [4.78, 5) is 4.43. The van der Waals surface area contributed by atoms with Crippen molar-refractivity contribution in [3.8, 4) is 11.1 Å². The number of pyridine rings is 1. The van der Waals surface area contributed by atoms with Gasteiger partial charge in [0.1, 0.15) is 0 Å². The Morgan fingerprint density at radius 2 is 1.95 bits per heavy atom. The van der Waals surface area contributed by atoms with Crippen LogP contribution in [0, 0.1) is 0 Å². The molecule has 1 N–H and O–H groups in total. The Kier molecular flexibility index (Phi) is 4.18. The summed E-state index contributed by atoms with van der Waals surface area (Å²) in [5.41, 5.74) is 4.60. The Morgan fingerprint density at radius 3 is 2.81 bits per heavy atom. The van der Waals surface area contributed by atoms with Crippen LogP contribution in [-0.2, 0) is 6.54 Å². The lowest BCUT2D eigenvalue weighted by molar-refractivity contribution is 0.728. The minimum absolute atomic E-state index is 0.756. The van der Waals surface area contributed by atoms with Crippen LogP contribution in [0.2, 0.25) is 5.02 Å². The van der Waals surface area contributed by atoms with Gasteiger partial charge in [-0.25, -0.2) is 0 Å². The molecule has 0 unspecified atom stereocenters. The molecule has 1 aromatic heterocycles. The van der Waals surface area contributed by atoms with Crippen LogP contribution >= 0.6 is 11.6 Å². The van der Waals surface area contributed by atoms with Crippen molar-refractivity contribution in [1.29, 1.82) is 0 Å². The summed E-state index contributed by atoms with van der Waals surface area (Å²) >= 11 is 6.22. The van der Waals surface area contributed by atoms with Crippen molar-refractivity contribution in [2.45, 2.75) is 13.5 Å². The smallest absolute Gasteiger partial charge is 0.0708 e. The predicted octanol–water partition coefficient (Wildman–Crippen LogP) is 4.66. The average Bonchev–Trinajstić information content (AvgIpc) is 2.53. The molecular formula is C18H17ClN2. The number of fused-ring (bicyclic) bond motifs is 1. The quantitative estimate of drug-likeness (QED) is 0.757. The van der Waals surface area contributed by atoms with Gasteiger partial charge >= 0.3 is 0 Å². The summed E-state index contributed by atoms with van der Waals surface area (Å²) in [6.07, 6.45) is 1.82. The second-order valence-corrected chi connectivity index (χ2v) is 5.39. The Balaban J connectivity index is 2.19. The van der Waals surface area contributed by atoms with Gasteiger partial charge in [0, 0.05) is 23.2 Å². The highest BCUT2D eigenvalue weighted by Crippen LogP contribution is 2.32. The van der Waals surface area contributed by atoms with E-state index in [1.807, 2.05) is 36.5 Å². The summed E-state index contributed by atoms with van der Waals surface area (Å²) in [6.45, 7) is 3.89. The van der Waals surface area contributed by atoms with Crippen LogP contribution in [0.5, 0.6) is 0 Å². The third kappa shape index (κ3) is 2.92. The summed E-state index contributed by atoms with van der Waals surface area (Å²) in [6, 6.07) is 16.4. The van der Waals surface area contributed by atoms with E-state index in [0.29, 0.717) is 0 Å². The molecule has 2 aromatic carbocycles. The zero-order valence-corrected chi connectivity index (χ0v) is 12.7. The van der Waals surface area contributed by atoms with Gasteiger partial charge in [-0.15, -0.1) is 0 Å². The third-order valence-corrected chi connectivity index (χ3v) is 3.81. The molecule has 21 heavy (non-hydrogen) atoms. The minimum Gasteiger partial charge on any atom is -0.313 e. The lowest BCUT2D eigenvalue weighted by Gasteiger charge is -2.13. The number of rotatable bonds is 4. The van der Waals surface area contributed by atoms with Gasteiger partial charge in [-0.2, -0.15) is 0 Å². The number of halogens is 1. The van der Waals surface area contributed by atoms with Gasteiger partial charge in [0.2, 0.25) is 0 Å². The van der Waals surface area contributed by atoms with Gasteiger partial charge in [-0.05, 0) is 47.5 Å². The zero-order valence-electron chi connectivity index (χ0n) is 11.9. The summed E-state index contributed by atoms with van der Waals surface area (Å²) in [7, 11) is 0. The molecule has 0 aliphatic heterocycles. The Bertz CT molecular complexity index is 763. The predicted molar refractivity (Wildman–Crippen MR) is 89.6 cm³/mol. The lowest BCUT2D eigenvalue weighted by Crippen LogP contribution is -2.12. The Labute approximate surface area is 129 Å². The molecule has 2 nitrogen and oxygen atoms in total. The van der Waals surface area contributed by atoms with E-state index in [9.17, 15) is 0 Å². The van der Waals surface area contributed by atoms with Crippen LogP contribution in [0.4, 0.5) is 0 Å². The van der Waals surface area contributed by atoms with E-state index >= 15 is 0 Å². The molecule has 3 heteroatoms. The molecule has 106 valence electrons. The van der Waals surface area contributed by atoms with Crippen LogP contribution in [0.25, 0.3) is 22.0 Å². The fraction of sp³-hybridized carbons (Fsp3) is 0.167. The lowest BCUT2D eigenvalue weighted by atomic mass is 9.96. The van der Waals surface area contributed by atoms with Crippen molar-refractivity contribution in [2.24, 2.45) is 0 Å². The molecule has 3 rings (SSSR count). The molecule has 0 amide bonds. The maximum Gasteiger partial charge on any atom is 0.0708 e. The summed E-state index contributed by atoms with van der Waals surface area (Å²) < 4.78 is 0. The maximum atomic E-state index is 6.22. The van der Waals surface area contributed by atoms with Crippen LogP contribution in [-0.4, -0.2) is 11.5 Å². The van der Waals surface area contributed by atoms with Gasteiger partial charge in [-0.1, -0.05) is 42.8 Å². The van der Waals surface area contributed by atoms with Crippen molar-refractivity contribution >= 4 is 22.5 Å². The van der Waals surface area contributed by atoms with Crippen molar-refractivity contribution in [3.05, 3.63) is 65.3 Å². The number of nitrogens with one attached hydrogen (secondary N) is 1. The van der Waals surface area contributed by atoms with Crippen LogP contribution < -0.4 is 5.32 Å². The molecule has 0 aliphatic rings. The van der Waals surface area contributed by atoms with Gasteiger partial charge in [0.15, 0.2) is 0 Å². The molecule has 0 saturated heterocycles. The van der Waals surface area contributed by atoms with E-state index in [-0.39, 0.29) is 0 Å². The maximum absolute atomic E-state index is 6.22. The fourth-order valence-electron chi connectivity index (χ4n) is 2.55. The van der Waals surface area contributed by atoms with Crippen LogP contribution in [0.3, 0.4) is 0 Å². The van der Waals surface area contributed by atoms with E-state index in [1.54, 1.807) is 0 Å². The molecular weight excluding hydrogens is 280 g/mol. The number of aromatic nitrogens is 1. The molecule has 3 aromatic rings. The van der Waals surface area contributed by atoms with E-state index in [2.05, 4.69) is 35.4 Å². The molecule has 0 bridgehead atoms.